The van der Waals surface area contributed by atoms with E-state index in [0.717, 1.165) is 35.1 Å². The van der Waals surface area contributed by atoms with Gasteiger partial charge in [0, 0.05) is 4.47 Å². The molecular weight excluding hydrogens is 340 g/mol. The Kier molecular flexibility index (Phi) is 6.99. The van der Waals surface area contributed by atoms with Crippen molar-refractivity contribution in [2.24, 2.45) is 0 Å². The maximum absolute atomic E-state index is 12.1. The summed E-state index contributed by atoms with van der Waals surface area (Å²) in [7, 11) is -3.28. The van der Waals surface area contributed by atoms with E-state index in [-0.39, 0.29) is 5.75 Å². The molecule has 0 aliphatic heterocycles. The van der Waals surface area contributed by atoms with Gasteiger partial charge in [0.05, 0.1) is 11.4 Å². The molecule has 1 rings (SSSR count). The number of nitrogens with one attached hydrogen (secondary N) is 2. The minimum atomic E-state index is -3.28. The van der Waals surface area contributed by atoms with Crippen LogP contribution in [0.15, 0.2) is 16.6 Å². The summed E-state index contributed by atoms with van der Waals surface area (Å²) in [5, 5.41) is 3.20. The molecule has 0 unspecified atom stereocenters. The number of benzene rings is 1. The van der Waals surface area contributed by atoms with Crippen molar-refractivity contribution in [3.05, 3.63) is 27.7 Å². The van der Waals surface area contributed by atoms with E-state index in [0.29, 0.717) is 12.1 Å². The highest BCUT2D eigenvalue weighted by Gasteiger charge is 2.13. The Balaban J connectivity index is 2.63. The molecule has 0 aliphatic carbocycles. The third kappa shape index (κ3) is 5.81. The fraction of sp³-hybridized carbons (Fsp3) is 0.571. The first-order chi connectivity index (χ1) is 9.35. The van der Waals surface area contributed by atoms with Crippen molar-refractivity contribution in [3.8, 4) is 0 Å². The molecule has 1 aromatic carbocycles. The Morgan fingerprint density at radius 2 is 1.75 bits per heavy atom. The zero-order valence-electron chi connectivity index (χ0n) is 12.3. The largest absolute Gasteiger partial charge is 0.317 e. The molecule has 6 heteroatoms. The minimum absolute atomic E-state index is 0.138. The van der Waals surface area contributed by atoms with Gasteiger partial charge < -0.3 is 5.32 Å². The van der Waals surface area contributed by atoms with Gasteiger partial charge in [0.15, 0.2) is 0 Å². The van der Waals surface area contributed by atoms with Crippen molar-refractivity contribution in [3.63, 3.8) is 0 Å². The Morgan fingerprint density at radius 3 is 2.30 bits per heavy atom. The second-order valence-corrected chi connectivity index (χ2v) is 7.70. The number of aryl methyl sites for hydroxylation is 2. The minimum Gasteiger partial charge on any atom is -0.317 e. The van der Waals surface area contributed by atoms with Gasteiger partial charge in [0.2, 0.25) is 10.0 Å². The van der Waals surface area contributed by atoms with Crippen LogP contribution in [0.1, 0.15) is 30.9 Å². The number of hydrogen-bond acceptors (Lipinski definition) is 3. The second kappa shape index (κ2) is 8.00. The summed E-state index contributed by atoms with van der Waals surface area (Å²) >= 11 is 3.41. The molecule has 0 bridgehead atoms. The van der Waals surface area contributed by atoms with Crippen LogP contribution in [0.3, 0.4) is 0 Å². The molecule has 0 fully saturated rings. The van der Waals surface area contributed by atoms with E-state index in [1.165, 1.54) is 0 Å². The predicted octanol–water partition coefficient (Wildman–Crippen LogP) is 3.20. The van der Waals surface area contributed by atoms with Crippen molar-refractivity contribution in [2.75, 3.05) is 23.6 Å². The third-order valence-electron chi connectivity index (χ3n) is 2.95. The van der Waals surface area contributed by atoms with E-state index in [1.54, 1.807) is 0 Å². The van der Waals surface area contributed by atoms with Crippen LogP contribution in [0.4, 0.5) is 5.69 Å². The van der Waals surface area contributed by atoms with Gasteiger partial charge in [-0.15, -0.1) is 0 Å². The molecule has 4 nitrogen and oxygen atoms in total. The SMILES string of the molecule is CCCNCCCS(=O)(=O)Nc1c(C)cc(Br)cc1C. The lowest BCUT2D eigenvalue weighted by molar-refractivity contribution is 0.593. The molecule has 2 N–H and O–H groups in total. The molecule has 0 spiro atoms. The first-order valence-corrected chi connectivity index (χ1v) is 9.28. The molecule has 20 heavy (non-hydrogen) atoms. The summed E-state index contributed by atoms with van der Waals surface area (Å²) in [6, 6.07) is 3.82. The second-order valence-electron chi connectivity index (χ2n) is 4.94. The molecule has 0 radical (unpaired) electrons. The summed E-state index contributed by atoms with van der Waals surface area (Å²) in [4.78, 5) is 0. The van der Waals surface area contributed by atoms with Gasteiger partial charge >= 0.3 is 0 Å². The molecule has 1 aromatic rings. The maximum atomic E-state index is 12.1. The molecule has 0 heterocycles. The van der Waals surface area contributed by atoms with E-state index < -0.39 is 10.0 Å². The topological polar surface area (TPSA) is 58.2 Å². The van der Waals surface area contributed by atoms with Crippen LogP contribution in [-0.4, -0.2) is 27.3 Å². The smallest absolute Gasteiger partial charge is 0.232 e. The number of sulfonamides is 1. The van der Waals surface area contributed by atoms with E-state index >= 15 is 0 Å². The Morgan fingerprint density at radius 1 is 1.15 bits per heavy atom. The number of rotatable bonds is 8. The van der Waals surface area contributed by atoms with Crippen molar-refractivity contribution >= 4 is 31.6 Å². The Labute approximate surface area is 130 Å². The van der Waals surface area contributed by atoms with Crippen LogP contribution in [0.25, 0.3) is 0 Å². The van der Waals surface area contributed by atoms with Gasteiger partial charge in [-0.1, -0.05) is 22.9 Å². The van der Waals surface area contributed by atoms with Gasteiger partial charge in [0.1, 0.15) is 0 Å². The summed E-state index contributed by atoms with van der Waals surface area (Å²) in [6.45, 7) is 7.55. The zero-order valence-corrected chi connectivity index (χ0v) is 14.7. The first kappa shape index (κ1) is 17.5. The lowest BCUT2D eigenvalue weighted by atomic mass is 10.1. The van der Waals surface area contributed by atoms with Crippen LogP contribution in [0.2, 0.25) is 0 Å². The number of hydrogen-bond donors (Lipinski definition) is 2. The molecule has 114 valence electrons. The molecule has 0 aliphatic rings. The third-order valence-corrected chi connectivity index (χ3v) is 4.75. The van der Waals surface area contributed by atoms with E-state index in [4.69, 9.17) is 0 Å². The van der Waals surface area contributed by atoms with Crippen molar-refractivity contribution in [1.82, 2.24) is 5.32 Å². The average molecular weight is 363 g/mol. The molecule has 0 saturated carbocycles. The summed E-state index contributed by atoms with van der Waals surface area (Å²) in [5.41, 5.74) is 2.53. The van der Waals surface area contributed by atoms with Crippen LogP contribution in [0.5, 0.6) is 0 Å². The quantitative estimate of drug-likeness (QED) is 0.698. The van der Waals surface area contributed by atoms with Gasteiger partial charge in [0.25, 0.3) is 0 Å². The summed E-state index contributed by atoms with van der Waals surface area (Å²) in [5.74, 6) is 0.138. The fourth-order valence-electron chi connectivity index (χ4n) is 1.97. The van der Waals surface area contributed by atoms with Crippen molar-refractivity contribution < 1.29 is 8.42 Å². The molecule has 0 atom stereocenters. The van der Waals surface area contributed by atoms with Gasteiger partial charge in [-0.25, -0.2) is 8.42 Å². The highest BCUT2D eigenvalue weighted by Crippen LogP contribution is 2.26. The van der Waals surface area contributed by atoms with Gasteiger partial charge in [-0.05, 0) is 63.0 Å². The maximum Gasteiger partial charge on any atom is 0.232 e. The van der Waals surface area contributed by atoms with E-state index in [1.807, 2.05) is 26.0 Å². The van der Waals surface area contributed by atoms with Crippen molar-refractivity contribution in [2.45, 2.75) is 33.6 Å². The van der Waals surface area contributed by atoms with Crippen LogP contribution < -0.4 is 10.0 Å². The highest BCUT2D eigenvalue weighted by molar-refractivity contribution is 9.10. The lowest BCUT2D eigenvalue weighted by Gasteiger charge is -2.14. The monoisotopic (exact) mass is 362 g/mol. The van der Waals surface area contributed by atoms with Crippen molar-refractivity contribution in [1.29, 1.82) is 0 Å². The van der Waals surface area contributed by atoms with Gasteiger partial charge in [-0.3, -0.25) is 4.72 Å². The predicted molar refractivity (Wildman–Crippen MR) is 88.8 cm³/mol. The van der Waals surface area contributed by atoms with Crippen LogP contribution >= 0.6 is 15.9 Å². The average Bonchev–Trinajstić information content (AvgIpc) is 2.33. The van der Waals surface area contributed by atoms with E-state index in [9.17, 15) is 8.42 Å². The summed E-state index contributed by atoms with van der Waals surface area (Å²) in [6.07, 6.45) is 1.67. The normalized spacial score (nSPS) is 11.6. The first-order valence-electron chi connectivity index (χ1n) is 6.83. The van der Waals surface area contributed by atoms with Crippen LogP contribution in [-0.2, 0) is 10.0 Å². The number of anilines is 1. The Bertz CT molecular complexity index is 521. The Hall–Kier alpha value is -0.590. The highest BCUT2D eigenvalue weighted by atomic mass is 79.9. The summed E-state index contributed by atoms with van der Waals surface area (Å²) < 4.78 is 27.8. The molecule has 0 amide bonds. The molecule has 0 saturated heterocycles. The fourth-order valence-corrected chi connectivity index (χ4v) is 3.91. The lowest BCUT2D eigenvalue weighted by Crippen LogP contribution is -2.23. The molecular formula is C14H23BrN2O2S. The molecule has 0 aromatic heterocycles. The van der Waals surface area contributed by atoms with Crippen LogP contribution in [0, 0.1) is 13.8 Å². The zero-order chi connectivity index (χ0) is 15.2. The standard InChI is InChI=1S/C14H23BrN2O2S/c1-4-6-16-7-5-8-20(18,19)17-14-11(2)9-13(15)10-12(14)3/h9-10,16-17H,4-8H2,1-3H3. The number of halogens is 1. The van der Waals surface area contributed by atoms with E-state index in [2.05, 4.69) is 32.9 Å². The van der Waals surface area contributed by atoms with Gasteiger partial charge in [-0.2, -0.15) is 0 Å².